The summed E-state index contributed by atoms with van der Waals surface area (Å²) in [5, 5.41) is 0.591. The van der Waals surface area contributed by atoms with Gasteiger partial charge in [-0.1, -0.05) is 29.8 Å². The summed E-state index contributed by atoms with van der Waals surface area (Å²) in [5.74, 6) is -0.160. The largest absolute Gasteiger partial charge is 0.276 e. The highest BCUT2D eigenvalue weighted by Crippen LogP contribution is 2.16. The third kappa shape index (κ3) is 2.00. The molecule has 0 saturated carbocycles. The monoisotopic (exact) mass is 269 g/mol. The molecule has 0 amide bonds. The topological polar surface area (TPSA) is 39.1 Å². The fraction of sp³-hybridized carbons (Fsp3) is 0.0667. The first-order valence-corrected chi connectivity index (χ1v) is 6.66. The molecule has 0 fully saturated rings. The summed E-state index contributed by atoms with van der Waals surface area (Å²) in [4.78, 5) is 24.3. The van der Waals surface area contributed by atoms with Gasteiger partial charge in [-0.3, -0.25) is 9.59 Å². The van der Waals surface area contributed by atoms with Crippen molar-refractivity contribution in [3.63, 3.8) is 0 Å². The number of carbonyl (C=O) groups excluding carboxylic acids is 1. The van der Waals surface area contributed by atoms with Crippen LogP contribution in [0.1, 0.15) is 15.9 Å². The van der Waals surface area contributed by atoms with Gasteiger partial charge < -0.3 is 0 Å². The van der Waals surface area contributed by atoms with Crippen LogP contribution in [0, 0.1) is 6.92 Å². The van der Waals surface area contributed by atoms with Crippen molar-refractivity contribution >= 4 is 28.3 Å². The van der Waals surface area contributed by atoms with E-state index in [1.54, 1.807) is 24.3 Å². The van der Waals surface area contributed by atoms with Crippen molar-refractivity contribution in [2.45, 2.75) is 6.92 Å². The minimum atomic E-state index is -0.160. The van der Waals surface area contributed by atoms with Crippen LogP contribution in [0.25, 0.3) is 10.9 Å². The molecule has 0 aliphatic heterocycles. The Kier molecular flexibility index (Phi) is 2.80. The van der Waals surface area contributed by atoms with Crippen LogP contribution >= 0.6 is 11.5 Å². The van der Waals surface area contributed by atoms with Crippen molar-refractivity contribution < 1.29 is 4.79 Å². The molecule has 0 saturated heterocycles. The summed E-state index contributed by atoms with van der Waals surface area (Å²) in [6, 6.07) is 14.5. The van der Waals surface area contributed by atoms with Crippen LogP contribution in [-0.4, -0.2) is 9.86 Å². The third-order valence-electron chi connectivity index (χ3n) is 2.97. The fourth-order valence-corrected chi connectivity index (χ4v) is 2.93. The normalized spacial score (nSPS) is 10.8. The molecule has 3 nitrogen and oxygen atoms in total. The Labute approximate surface area is 113 Å². The van der Waals surface area contributed by atoms with E-state index in [0.29, 0.717) is 16.5 Å². The zero-order valence-corrected chi connectivity index (χ0v) is 11.1. The molecule has 0 spiro atoms. The van der Waals surface area contributed by atoms with E-state index in [0.717, 1.165) is 17.1 Å². The molecule has 4 heteroatoms. The first-order chi connectivity index (χ1) is 9.16. The number of benzene rings is 2. The molecule has 3 rings (SSSR count). The van der Waals surface area contributed by atoms with E-state index in [1.165, 1.54) is 3.96 Å². The lowest BCUT2D eigenvalue weighted by atomic mass is 10.1. The summed E-state index contributed by atoms with van der Waals surface area (Å²) in [7, 11) is 0. The second kappa shape index (κ2) is 4.48. The van der Waals surface area contributed by atoms with E-state index in [2.05, 4.69) is 0 Å². The van der Waals surface area contributed by atoms with Gasteiger partial charge in [-0.25, -0.2) is 3.96 Å². The maximum absolute atomic E-state index is 12.5. The predicted octanol–water partition coefficient (Wildman–Crippen LogP) is 3.06. The molecule has 0 bridgehead atoms. The highest BCUT2D eigenvalue weighted by molar-refractivity contribution is 7.06. The summed E-state index contributed by atoms with van der Waals surface area (Å²) >= 11 is 0.948. The number of para-hydroxylation sites is 1. The maximum Gasteiger partial charge on any atom is 0.271 e. The molecule has 0 radical (unpaired) electrons. The van der Waals surface area contributed by atoms with Crippen molar-refractivity contribution in [3.05, 3.63) is 69.2 Å². The smallest absolute Gasteiger partial charge is 0.271 e. The van der Waals surface area contributed by atoms with Crippen LogP contribution in [0.2, 0.25) is 0 Å². The zero-order chi connectivity index (χ0) is 13.4. The SMILES string of the molecule is Cc1cccc(C(=O)n2sc(=O)c3ccccc32)c1. The molecule has 0 aliphatic rings. The Morgan fingerprint density at radius 2 is 1.89 bits per heavy atom. The molecule has 1 aromatic heterocycles. The van der Waals surface area contributed by atoms with E-state index >= 15 is 0 Å². The molecule has 0 unspecified atom stereocenters. The minimum Gasteiger partial charge on any atom is -0.276 e. The lowest BCUT2D eigenvalue weighted by Crippen LogP contribution is -2.09. The molecular weight excluding hydrogens is 258 g/mol. The summed E-state index contributed by atoms with van der Waals surface area (Å²) in [5.41, 5.74) is 2.29. The van der Waals surface area contributed by atoms with E-state index in [-0.39, 0.29) is 10.6 Å². The lowest BCUT2D eigenvalue weighted by Gasteiger charge is -2.03. The van der Waals surface area contributed by atoms with Crippen LogP contribution in [0.5, 0.6) is 0 Å². The average Bonchev–Trinajstić information content (AvgIpc) is 2.76. The van der Waals surface area contributed by atoms with E-state index in [9.17, 15) is 9.59 Å². The van der Waals surface area contributed by atoms with Crippen molar-refractivity contribution in [1.29, 1.82) is 0 Å². The number of hydrogen-bond acceptors (Lipinski definition) is 3. The third-order valence-corrected chi connectivity index (χ3v) is 3.90. The summed E-state index contributed by atoms with van der Waals surface area (Å²) in [6.07, 6.45) is 0. The minimum absolute atomic E-state index is 0.0865. The molecule has 19 heavy (non-hydrogen) atoms. The standard InChI is InChI=1S/C15H11NO2S/c1-10-5-4-6-11(9-10)14(17)16-13-8-3-2-7-12(13)15(18)19-16/h2-9H,1H3. The maximum atomic E-state index is 12.5. The van der Waals surface area contributed by atoms with Crippen molar-refractivity contribution in [3.8, 4) is 0 Å². The number of carbonyl (C=O) groups is 1. The van der Waals surface area contributed by atoms with Gasteiger partial charge in [0.1, 0.15) is 0 Å². The molecule has 1 heterocycles. The Balaban J connectivity index is 2.20. The average molecular weight is 269 g/mol. The van der Waals surface area contributed by atoms with Crippen molar-refractivity contribution in [2.75, 3.05) is 0 Å². The van der Waals surface area contributed by atoms with Gasteiger partial charge in [0.2, 0.25) is 0 Å². The van der Waals surface area contributed by atoms with Crippen molar-refractivity contribution in [1.82, 2.24) is 3.96 Å². The fourth-order valence-electron chi connectivity index (χ4n) is 2.05. The van der Waals surface area contributed by atoms with E-state index in [1.807, 2.05) is 31.2 Å². The molecule has 0 N–H and O–H groups in total. The van der Waals surface area contributed by atoms with Gasteiger partial charge in [0.25, 0.3) is 10.6 Å². The molecule has 0 atom stereocenters. The first-order valence-electron chi connectivity index (χ1n) is 5.89. The van der Waals surface area contributed by atoms with Gasteiger partial charge in [0.05, 0.1) is 10.9 Å². The Morgan fingerprint density at radius 3 is 2.68 bits per heavy atom. The van der Waals surface area contributed by atoms with Crippen molar-refractivity contribution in [2.24, 2.45) is 0 Å². The van der Waals surface area contributed by atoms with E-state index in [4.69, 9.17) is 0 Å². The van der Waals surface area contributed by atoms with Crippen LogP contribution in [0.15, 0.2) is 53.3 Å². The van der Waals surface area contributed by atoms with Gasteiger partial charge >= 0.3 is 0 Å². The Morgan fingerprint density at radius 1 is 1.11 bits per heavy atom. The lowest BCUT2D eigenvalue weighted by molar-refractivity contribution is 0.0975. The number of aromatic nitrogens is 1. The van der Waals surface area contributed by atoms with Gasteiger partial charge in [-0.05, 0) is 42.7 Å². The summed E-state index contributed by atoms with van der Waals surface area (Å²) in [6.45, 7) is 1.94. The number of hydrogen-bond donors (Lipinski definition) is 0. The van der Waals surface area contributed by atoms with Gasteiger partial charge in [-0.2, -0.15) is 0 Å². The molecular formula is C15H11NO2S. The zero-order valence-electron chi connectivity index (χ0n) is 10.3. The quantitative estimate of drug-likeness (QED) is 0.681. The first kappa shape index (κ1) is 11.9. The highest BCUT2D eigenvalue weighted by atomic mass is 32.1. The molecule has 94 valence electrons. The highest BCUT2D eigenvalue weighted by Gasteiger charge is 2.14. The predicted molar refractivity (Wildman–Crippen MR) is 77.0 cm³/mol. The van der Waals surface area contributed by atoms with Gasteiger partial charge in [-0.15, -0.1) is 0 Å². The van der Waals surface area contributed by atoms with Crippen LogP contribution < -0.4 is 4.74 Å². The second-order valence-electron chi connectivity index (χ2n) is 4.36. The number of rotatable bonds is 1. The van der Waals surface area contributed by atoms with Crippen LogP contribution in [0.3, 0.4) is 0 Å². The van der Waals surface area contributed by atoms with E-state index < -0.39 is 0 Å². The Bertz CT molecular complexity index is 829. The number of fused-ring (bicyclic) bond motifs is 1. The Hall–Kier alpha value is -2.20. The molecule has 3 aromatic rings. The number of nitrogens with zero attached hydrogens (tertiary/aromatic N) is 1. The molecule has 0 aliphatic carbocycles. The second-order valence-corrected chi connectivity index (χ2v) is 5.28. The van der Waals surface area contributed by atoms with Gasteiger partial charge in [0, 0.05) is 5.56 Å². The summed E-state index contributed by atoms with van der Waals surface area (Å²) < 4.78 is 1.38. The van der Waals surface area contributed by atoms with Gasteiger partial charge in [0.15, 0.2) is 0 Å². The number of aryl methyl sites for hydroxylation is 1. The molecule has 2 aromatic carbocycles. The van der Waals surface area contributed by atoms with Crippen LogP contribution in [-0.2, 0) is 0 Å². The van der Waals surface area contributed by atoms with Crippen LogP contribution in [0.4, 0.5) is 0 Å².